The topological polar surface area (TPSA) is 78.3 Å². The highest BCUT2D eigenvalue weighted by Gasteiger charge is 2.30. The molecule has 0 saturated heterocycles. The van der Waals surface area contributed by atoms with Gasteiger partial charge in [-0.3, -0.25) is 4.79 Å². The van der Waals surface area contributed by atoms with E-state index < -0.39 is 0 Å². The third kappa shape index (κ3) is 4.08. The summed E-state index contributed by atoms with van der Waals surface area (Å²) in [6.07, 6.45) is -0.118. The van der Waals surface area contributed by atoms with Crippen molar-refractivity contribution in [3.8, 4) is 11.5 Å². The maximum atomic E-state index is 12.8. The van der Waals surface area contributed by atoms with Crippen LogP contribution < -0.4 is 14.8 Å². The molecule has 7 nitrogen and oxygen atoms in total. The fourth-order valence-electron chi connectivity index (χ4n) is 3.10. The second kappa shape index (κ2) is 7.88. The van der Waals surface area contributed by atoms with Gasteiger partial charge in [0.2, 0.25) is 5.91 Å². The number of fused-ring (bicyclic) bond motifs is 1. The van der Waals surface area contributed by atoms with Crippen LogP contribution in [0.15, 0.2) is 42.5 Å². The number of ether oxygens (including phenoxy) is 2. The Balaban J connectivity index is 1.83. The van der Waals surface area contributed by atoms with Crippen molar-refractivity contribution in [3.63, 3.8) is 0 Å². The molecule has 1 aromatic heterocycles. The number of nitrogens with zero attached hydrogens (tertiary/aromatic N) is 3. The highest BCUT2D eigenvalue weighted by molar-refractivity contribution is 5.79. The molecule has 0 aliphatic carbocycles. The molecule has 1 atom stereocenters. The first-order chi connectivity index (χ1) is 13.3. The van der Waals surface area contributed by atoms with E-state index in [1.54, 1.807) is 25.0 Å². The predicted octanol–water partition coefficient (Wildman–Crippen LogP) is 3.35. The van der Waals surface area contributed by atoms with Crippen LogP contribution in [0, 0.1) is 5.41 Å². The van der Waals surface area contributed by atoms with Gasteiger partial charge in [0.25, 0.3) is 0 Å². The Morgan fingerprint density at radius 2 is 1.82 bits per heavy atom. The third-order valence-corrected chi connectivity index (χ3v) is 4.55. The van der Waals surface area contributed by atoms with E-state index in [-0.39, 0.29) is 23.9 Å². The van der Waals surface area contributed by atoms with Crippen LogP contribution in [-0.4, -0.2) is 35.1 Å². The molecule has 28 heavy (non-hydrogen) atoms. The van der Waals surface area contributed by atoms with Crippen molar-refractivity contribution in [1.82, 2.24) is 20.3 Å². The van der Waals surface area contributed by atoms with E-state index in [0.717, 1.165) is 16.6 Å². The van der Waals surface area contributed by atoms with Crippen molar-refractivity contribution in [1.29, 1.82) is 0 Å². The summed E-state index contributed by atoms with van der Waals surface area (Å²) < 4.78 is 12.4. The van der Waals surface area contributed by atoms with Gasteiger partial charge in [-0.2, -0.15) is 0 Å². The second-order valence-electron chi connectivity index (χ2n) is 7.72. The van der Waals surface area contributed by atoms with Gasteiger partial charge in [0.1, 0.15) is 11.7 Å². The summed E-state index contributed by atoms with van der Waals surface area (Å²) in [4.78, 5) is 12.8. The van der Waals surface area contributed by atoms with Crippen LogP contribution in [-0.2, 0) is 11.2 Å². The van der Waals surface area contributed by atoms with Crippen molar-refractivity contribution in [2.24, 2.45) is 5.41 Å². The quantitative estimate of drug-likeness (QED) is 0.707. The molecule has 148 valence electrons. The van der Waals surface area contributed by atoms with Gasteiger partial charge in [0.05, 0.1) is 26.2 Å². The van der Waals surface area contributed by atoms with Crippen molar-refractivity contribution in [3.05, 3.63) is 48.0 Å². The third-order valence-electron chi connectivity index (χ3n) is 4.55. The highest BCUT2D eigenvalue weighted by atomic mass is 16.5. The normalized spacial score (nSPS) is 12.6. The lowest BCUT2D eigenvalue weighted by atomic mass is 9.92. The van der Waals surface area contributed by atoms with Gasteiger partial charge in [-0.05, 0) is 29.8 Å². The molecule has 0 bridgehead atoms. The fraction of sp³-hybridized carbons (Fsp3) is 0.381. The molecule has 3 rings (SSSR count). The molecule has 2 aromatic carbocycles. The minimum Gasteiger partial charge on any atom is -0.493 e. The Labute approximate surface area is 164 Å². The molecule has 0 aliphatic rings. The predicted molar refractivity (Wildman–Crippen MR) is 107 cm³/mol. The number of nitrogens with one attached hydrogen (secondary N) is 1. The SMILES string of the molecule is COc1ccc(CC(=O)N[C@@H](n2nnc3ccccc32)C(C)(C)C)cc1OC. The maximum Gasteiger partial charge on any atom is 0.226 e. The van der Waals surface area contributed by atoms with E-state index in [9.17, 15) is 4.79 Å². The zero-order valence-corrected chi connectivity index (χ0v) is 16.9. The maximum absolute atomic E-state index is 12.8. The number of carbonyl (C=O) groups excluding carboxylic acids is 1. The fourth-order valence-corrected chi connectivity index (χ4v) is 3.10. The zero-order chi connectivity index (χ0) is 20.3. The summed E-state index contributed by atoms with van der Waals surface area (Å²) in [5, 5.41) is 11.6. The van der Waals surface area contributed by atoms with Gasteiger partial charge in [-0.1, -0.05) is 44.2 Å². The van der Waals surface area contributed by atoms with Crippen LogP contribution in [0.25, 0.3) is 11.0 Å². The summed E-state index contributed by atoms with van der Waals surface area (Å²) in [6, 6.07) is 13.2. The van der Waals surface area contributed by atoms with Gasteiger partial charge in [0.15, 0.2) is 11.5 Å². The lowest BCUT2D eigenvalue weighted by Crippen LogP contribution is -2.41. The molecule has 3 aromatic rings. The summed E-state index contributed by atoms with van der Waals surface area (Å²) in [5.74, 6) is 1.13. The molecule has 7 heteroatoms. The van der Waals surface area contributed by atoms with Crippen LogP contribution >= 0.6 is 0 Å². The molecule has 0 aliphatic heterocycles. The molecule has 1 amide bonds. The van der Waals surface area contributed by atoms with Crippen molar-refractivity contribution < 1.29 is 14.3 Å². The van der Waals surface area contributed by atoms with Crippen LogP contribution in [0.4, 0.5) is 0 Å². The summed E-state index contributed by atoms with van der Waals surface area (Å²) >= 11 is 0. The molecule has 0 spiro atoms. The van der Waals surface area contributed by atoms with Gasteiger partial charge in [-0.15, -0.1) is 5.10 Å². The molecule has 0 unspecified atom stereocenters. The number of methoxy groups -OCH3 is 2. The number of amides is 1. The van der Waals surface area contributed by atoms with Crippen LogP contribution in [0.2, 0.25) is 0 Å². The Morgan fingerprint density at radius 3 is 2.50 bits per heavy atom. The number of hydrogen-bond donors (Lipinski definition) is 1. The van der Waals surface area contributed by atoms with Gasteiger partial charge in [0, 0.05) is 5.41 Å². The Bertz CT molecular complexity index is 975. The van der Waals surface area contributed by atoms with E-state index in [1.807, 2.05) is 36.4 Å². The van der Waals surface area contributed by atoms with E-state index >= 15 is 0 Å². The second-order valence-corrected chi connectivity index (χ2v) is 7.72. The van der Waals surface area contributed by atoms with Gasteiger partial charge in [-0.25, -0.2) is 4.68 Å². The summed E-state index contributed by atoms with van der Waals surface area (Å²) in [5.41, 5.74) is 2.26. The number of carbonyl (C=O) groups is 1. The molecule has 0 saturated carbocycles. The minimum atomic E-state index is -0.340. The van der Waals surface area contributed by atoms with Crippen LogP contribution in [0.1, 0.15) is 32.5 Å². The molecule has 0 fully saturated rings. The van der Waals surface area contributed by atoms with E-state index in [2.05, 4.69) is 36.4 Å². The lowest BCUT2D eigenvalue weighted by molar-refractivity contribution is -0.123. The number of benzene rings is 2. The molecular weight excluding hydrogens is 356 g/mol. The average Bonchev–Trinajstić information content (AvgIpc) is 3.08. The van der Waals surface area contributed by atoms with E-state index in [0.29, 0.717) is 11.5 Å². The minimum absolute atomic E-state index is 0.105. The van der Waals surface area contributed by atoms with Crippen LogP contribution in [0.5, 0.6) is 11.5 Å². The first kappa shape index (κ1) is 19.7. The summed E-state index contributed by atoms with van der Waals surface area (Å²) in [6.45, 7) is 6.18. The monoisotopic (exact) mass is 382 g/mol. The van der Waals surface area contributed by atoms with E-state index in [1.165, 1.54) is 0 Å². The molecule has 0 radical (unpaired) electrons. The van der Waals surface area contributed by atoms with Crippen molar-refractivity contribution in [2.75, 3.05) is 14.2 Å². The van der Waals surface area contributed by atoms with Gasteiger partial charge >= 0.3 is 0 Å². The Kier molecular flexibility index (Phi) is 5.53. The number of aromatic nitrogens is 3. The highest BCUT2D eigenvalue weighted by Crippen LogP contribution is 2.31. The summed E-state index contributed by atoms with van der Waals surface area (Å²) in [7, 11) is 3.16. The molecule has 1 heterocycles. The molecular formula is C21H26N4O3. The first-order valence-electron chi connectivity index (χ1n) is 9.13. The van der Waals surface area contributed by atoms with E-state index in [4.69, 9.17) is 9.47 Å². The first-order valence-corrected chi connectivity index (χ1v) is 9.13. The smallest absolute Gasteiger partial charge is 0.226 e. The van der Waals surface area contributed by atoms with Gasteiger partial charge < -0.3 is 14.8 Å². The number of hydrogen-bond acceptors (Lipinski definition) is 5. The largest absolute Gasteiger partial charge is 0.493 e. The Morgan fingerprint density at radius 1 is 1.11 bits per heavy atom. The van der Waals surface area contributed by atoms with Crippen LogP contribution in [0.3, 0.4) is 0 Å². The van der Waals surface area contributed by atoms with Crippen molar-refractivity contribution in [2.45, 2.75) is 33.4 Å². The zero-order valence-electron chi connectivity index (χ0n) is 16.9. The number of para-hydroxylation sites is 1. The number of rotatable bonds is 6. The van der Waals surface area contributed by atoms with Crippen molar-refractivity contribution >= 4 is 16.9 Å². The average molecular weight is 382 g/mol. The lowest BCUT2D eigenvalue weighted by Gasteiger charge is -2.31. The Hall–Kier alpha value is -3.09. The molecule has 1 N–H and O–H groups in total. The standard InChI is InChI=1S/C21H26N4O3/c1-21(2,3)20(25-16-9-7-6-8-15(16)23-24-25)22-19(26)13-14-10-11-17(27-4)18(12-14)28-5/h6-12,20H,13H2,1-5H3,(H,22,26)/t20-/m0/s1.